The van der Waals surface area contributed by atoms with Crippen molar-refractivity contribution in [1.82, 2.24) is 14.6 Å². The van der Waals surface area contributed by atoms with Crippen LogP contribution in [0.3, 0.4) is 0 Å². The van der Waals surface area contributed by atoms with Crippen LogP contribution in [-0.2, 0) is 0 Å². The number of ether oxygens (including phenoxy) is 1. The van der Waals surface area contributed by atoms with Crippen molar-refractivity contribution in [2.45, 2.75) is 19.4 Å². The number of alkyl halides is 2. The van der Waals surface area contributed by atoms with Gasteiger partial charge in [0.15, 0.2) is 17.2 Å². The largest absolute Gasteiger partial charge is 0.484 e. The van der Waals surface area contributed by atoms with Crippen LogP contribution in [0.4, 0.5) is 23.4 Å². The van der Waals surface area contributed by atoms with Gasteiger partial charge in [-0.15, -0.1) is 0 Å². The Morgan fingerprint density at radius 2 is 2.08 bits per heavy atom. The van der Waals surface area contributed by atoms with Gasteiger partial charge in [-0.25, -0.2) is 27.1 Å². The van der Waals surface area contributed by atoms with Gasteiger partial charge < -0.3 is 10.1 Å². The van der Waals surface area contributed by atoms with E-state index in [0.717, 1.165) is 9.64 Å². The van der Waals surface area contributed by atoms with Crippen molar-refractivity contribution in [3.05, 3.63) is 51.4 Å². The molecule has 0 saturated carbocycles. The number of aromatic nitrogens is 3. The predicted molar refractivity (Wildman–Crippen MR) is 95.6 cm³/mol. The van der Waals surface area contributed by atoms with E-state index in [4.69, 9.17) is 4.74 Å². The molecule has 3 rings (SSSR count). The lowest BCUT2D eigenvalue weighted by Crippen LogP contribution is -2.14. The smallest absolute Gasteiger partial charge is 0.272 e. The molecule has 5 nitrogen and oxygen atoms in total. The van der Waals surface area contributed by atoms with Gasteiger partial charge in [-0.3, -0.25) is 0 Å². The highest BCUT2D eigenvalue weighted by Gasteiger charge is 2.20. The van der Waals surface area contributed by atoms with E-state index in [9.17, 15) is 17.6 Å². The third-order valence-corrected chi connectivity index (χ3v) is 4.31. The van der Waals surface area contributed by atoms with Gasteiger partial charge in [0.05, 0.1) is 15.8 Å². The zero-order chi connectivity index (χ0) is 18.8. The fraction of sp³-hybridized carbons (Fsp3) is 0.250. The first-order chi connectivity index (χ1) is 12.3. The van der Waals surface area contributed by atoms with E-state index >= 15 is 0 Å². The van der Waals surface area contributed by atoms with E-state index in [-0.39, 0.29) is 5.56 Å². The molecule has 0 aliphatic rings. The summed E-state index contributed by atoms with van der Waals surface area (Å²) in [6, 6.07) is 2.63. The second-order valence-electron chi connectivity index (χ2n) is 5.45. The first kappa shape index (κ1) is 18.7. The second-order valence-corrected chi connectivity index (χ2v) is 6.61. The predicted octanol–water partition coefficient (Wildman–Crippen LogP) is 4.43. The van der Waals surface area contributed by atoms with Crippen LogP contribution in [0.2, 0.25) is 0 Å². The summed E-state index contributed by atoms with van der Waals surface area (Å²) in [4.78, 5) is 4.38. The molecular weight excluding hydrogens is 467 g/mol. The van der Waals surface area contributed by atoms with Gasteiger partial charge in [0.1, 0.15) is 18.2 Å². The molecule has 0 fully saturated rings. The molecule has 0 spiro atoms. The van der Waals surface area contributed by atoms with Crippen LogP contribution in [0.15, 0.2) is 30.6 Å². The maximum Gasteiger partial charge on any atom is 0.272 e. The third kappa shape index (κ3) is 4.00. The van der Waals surface area contributed by atoms with Crippen molar-refractivity contribution in [1.29, 1.82) is 0 Å². The summed E-state index contributed by atoms with van der Waals surface area (Å²) in [5, 5.41) is 7.10. The minimum atomic E-state index is -2.77. The number of rotatable bonds is 6. The normalized spacial score (nSPS) is 12.6. The highest BCUT2D eigenvalue weighted by atomic mass is 127. The summed E-state index contributed by atoms with van der Waals surface area (Å²) in [5.74, 6) is -1.84. The Morgan fingerprint density at radius 1 is 1.31 bits per heavy atom. The number of anilines is 1. The fourth-order valence-corrected chi connectivity index (χ4v) is 2.91. The number of hydrogen-bond acceptors (Lipinski definition) is 4. The highest BCUT2D eigenvalue weighted by Crippen LogP contribution is 2.31. The quantitative estimate of drug-likeness (QED) is 0.419. The van der Waals surface area contributed by atoms with Crippen molar-refractivity contribution < 1.29 is 22.3 Å². The second kappa shape index (κ2) is 7.64. The summed E-state index contributed by atoms with van der Waals surface area (Å²) in [6.07, 6.45) is 0.553. The molecule has 1 unspecified atom stereocenters. The minimum Gasteiger partial charge on any atom is -0.484 e. The Kier molecular flexibility index (Phi) is 5.49. The average Bonchev–Trinajstić information content (AvgIpc) is 2.94. The molecule has 138 valence electrons. The molecule has 1 aromatic carbocycles. The van der Waals surface area contributed by atoms with Crippen LogP contribution in [-0.4, -0.2) is 27.6 Å². The fourth-order valence-electron chi connectivity index (χ4n) is 2.42. The molecule has 0 bridgehead atoms. The minimum absolute atomic E-state index is 0.0769. The molecular formula is C16H13F4IN4O. The Labute approximate surface area is 159 Å². The number of fused-ring (bicyclic) bond motifs is 1. The summed E-state index contributed by atoms with van der Waals surface area (Å²) < 4.78 is 59.7. The lowest BCUT2D eigenvalue weighted by molar-refractivity contribution is 0.0792. The summed E-state index contributed by atoms with van der Waals surface area (Å²) in [7, 11) is 0. The molecule has 0 radical (unpaired) electrons. The number of hydrogen-bond donors (Lipinski definition) is 1. The maximum absolute atomic E-state index is 14.0. The van der Waals surface area contributed by atoms with Gasteiger partial charge in [0.2, 0.25) is 0 Å². The lowest BCUT2D eigenvalue weighted by atomic mass is 10.1. The van der Waals surface area contributed by atoms with E-state index in [2.05, 4.69) is 38.0 Å². The summed E-state index contributed by atoms with van der Waals surface area (Å²) >= 11 is 2.08. The topological polar surface area (TPSA) is 51.5 Å². The zero-order valence-electron chi connectivity index (χ0n) is 13.4. The van der Waals surface area contributed by atoms with Crippen molar-refractivity contribution in [3.63, 3.8) is 0 Å². The summed E-state index contributed by atoms with van der Waals surface area (Å²) in [6.45, 7) is 0.636. The molecule has 2 aromatic heterocycles. The number of benzene rings is 1. The van der Waals surface area contributed by atoms with Gasteiger partial charge in [-0.2, -0.15) is 5.10 Å². The third-order valence-electron chi connectivity index (χ3n) is 3.55. The first-order valence-electron chi connectivity index (χ1n) is 7.51. The Morgan fingerprint density at radius 3 is 2.81 bits per heavy atom. The molecule has 3 aromatic rings. The molecule has 1 atom stereocenters. The van der Waals surface area contributed by atoms with E-state index < -0.39 is 36.5 Å². The number of nitrogens with one attached hydrogen (secondary N) is 1. The summed E-state index contributed by atoms with van der Waals surface area (Å²) in [5.41, 5.74) is 0.690. The molecule has 26 heavy (non-hydrogen) atoms. The average molecular weight is 480 g/mol. The van der Waals surface area contributed by atoms with Crippen LogP contribution in [0.5, 0.6) is 5.75 Å². The van der Waals surface area contributed by atoms with Gasteiger partial charge in [0.25, 0.3) is 6.43 Å². The molecule has 0 aliphatic heterocycles. The Bertz CT molecular complexity index is 934. The zero-order valence-corrected chi connectivity index (χ0v) is 15.5. The van der Waals surface area contributed by atoms with Crippen LogP contribution in [0.1, 0.15) is 18.5 Å². The Hall–Kier alpha value is -2.11. The number of halogens is 5. The SMILES string of the molecule is CC(Nc1ccn2ncc(I)c2n1)c1cc(F)cc(F)c1OCC(F)F. The van der Waals surface area contributed by atoms with Crippen LogP contribution in [0.25, 0.3) is 5.65 Å². The van der Waals surface area contributed by atoms with E-state index in [1.165, 1.54) is 0 Å². The number of nitrogens with zero attached hydrogens (tertiary/aromatic N) is 3. The Balaban J connectivity index is 1.90. The van der Waals surface area contributed by atoms with Gasteiger partial charge in [-0.1, -0.05) is 0 Å². The van der Waals surface area contributed by atoms with Crippen molar-refractivity contribution in [2.75, 3.05) is 11.9 Å². The van der Waals surface area contributed by atoms with Gasteiger partial charge in [-0.05, 0) is 41.6 Å². The molecule has 0 aliphatic carbocycles. The standard InChI is InChI=1S/C16H13F4IN4O/c1-8(23-14-2-3-25-16(24-14)12(21)6-22-25)10-4-9(17)5-11(18)15(10)26-7-13(19)20/h2-6,8,13H,7H2,1H3,(H,23,24). The molecule has 0 saturated heterocycles. The van der Waals surface area contributed by atoms with Gasteiger partial charge in [0, 0.05) is 17.8 Å². The van der Waals surface area contributed by atoms with Crippen LogP contribution < -0.4 is 10.1 Å². The van der Waals surface area contributed by atoms with Crippen molar-refractivity contribution in [2.24, 2.45) is 0 Å². The van der Waals surface area contributed by atoms with Crippen LogP contribution >= 0.6 is 22.6 Å². The first-order valence-corrected chi connectivity index (χ1v) is 8.59. The molecule has 10 heteroatoms. The lowest BCUT2D eigenvalue weighted by Gasteiger charge is -2.19. The van der Waals surface area contributed by atoms with Crippen LogP contribution in [0, 0.1) is 15.2 Å². The maximum atomic E-state index is 14.0. The van der Waals surface area contributed by atoms with Gasteiger partial charge >= 0.3 is 0 Å². The molecule has 0 amide bonds. The monoisotopic (exact) mass is 480 g/mol. The van der Waals surface area contributed by atoms with E-state index in [0.29, 0.717) is 17.5 Å². The van der Waals surface area contributed by atoms with E-state index in [1.54, 1.807) is 29.9 Å². The molecule has 2 heterocycles. The van der Waals surface area contributed by atoms with Crippen molar-refractivity contribution >= 4 is 34.1 Å². The van der Waals surface area contributed by atoms with E-state index in [1.807, 2.05) is 0 Å². The van der Waals surface area contributed by atoms with Crippen molar-refractivity contribution in [3.8, 4) is 5.75 Å². The molecule has 1 N–H and O–H groups in total. The highest BCUT2D eigenvalue weighted by molar-refractivity contribution is 14.1.